The zero-order valence-electron chi connectivity index (χ0n) is 12.2. The molecule has 0 aromatic heterocycles. The Morgan fingerprint density at radius 3 is 2.53 bits per heavy atom. The summed E-state index contributed by atoms with van der Waals surface area (Å²) in [6, 6.07) is -0.601. The van der Waals surface area contributed by atoms with Gasteiger partial charge in [0, 0.05) is 13.1 Å². The van der Waals surface area contributed by atoms with Crippen LogP contribution in [0.3, 0.4) is 0 Å². The number of carbonyl (C=O) groups is 2. The SMILES string of the molecule is CCC1NC(=O)C(CC)N(CC2CCN(C)C2)C1=O. The van der Waals surface area contributed by atoms with Crippen LogP contribution < -0.4 is 5.32 Å². The smallest absolute Gasteiger partial charge is 0.245 e. The number of rotatable bonds is 4. The Hall–Kier alpha value is -1.10. The molecule has 5 nitrogen and oxygen atoms in total. The van der Waals surface area contributed by atoms with Crippen molar-refractivity contribution in [3.63, 3.8) is 0 Å². The molecule has 1 N–H and O–H groups in total. The normalized spacial score (nSPS) is 32.8. The van der Waals surface area contributed by atoms with Gasteiger partial charge in [-0.1, -0.05) is 13.8 Å². The van der Waals surface area contributed by atoms with E-state index in [-0.39, 0.29) is 23.9 Å². The number of carbonyl (C=O) groups excluding carboxylic acids is 2. The van der Waals surface area contributed by atoms with Gasteiger partial charge in [0.15, 0.2) is 0 Å². The molecule has 19 heavy (non-hydrogen) atoms. The molecular weight excluding hydrogens is 242 g/mol. The molecule has 3 unspecified atom stereocenters. The molecule has 0 aromatic rings. The minimum atomic E-state index is -0.325. The highest BCUT2D eigenvalue weighted by Gasteiger charge is 2.40. The maximum Gasteiger partial charge on any atom is 0.245 e. The third-order valence-electron chi connectivity index (χ3n) is 4.32. The van der Waals surface area contributed by atoms with Crippen molar-refractivity contribution in [1.82, 2.24) is 15.1 Å². The fraction of sp³-hybridized carbons (Fsp3) is 0.857. The molecule has 2 amide bonds. The van der Waals surface area contributed by atoms with Crippen LogP contribution in [-0.4, -0.2) is 60.4 Å². The first-order chi connectivity index (χ1) is 9.06. The first-order valence-electron chi connectivity index (χ1n) is 7.36. The van der Waals surface area contributed by atoms with Crippen molar-refractivity contribution in [1.29, 1.82) is 0 Å². The van der Waals surface area contributed by atoms with Gasteiger partial charge in [0.05, 0.1) is 0 Å². The molecule has 2 aliphatic rings. The van der Waals surface area contributed by atoms with Crippen LogP contribution in [0.1, 0.15) is 33.1 Å². The van der Waals surface area contributed by atoms with E-state index in [1.165, 1.54) is 0 Å². The Morgan fingerprint density at radius 2 is 2.00 bits per heavy atom. The zero-order chi connectivity index (χ0) is 14.0. The quantitative estimate of drug-likeness (QED) is 0.805. The Labute approximate surface area is 115 Å². The van der Waals surface area contributed by atoms with Gasteiger partial charge >= 0.3 is 0 Å². The molecular formula is C14H25N3O2. The topological polar surface area (TPSA) is 52.7 Å². The highest BCUT2D eigenvalue weighted by atomic mass is 16.2. The van der Waals surface area contributed by atoms with Gasteiger partial charge in [-0.3, -0.25) is 9.59 Å². The van der Waals surface area contributed by atoms with Gasteiger partial charge in [0.2, 0.25) is 11.8 Å². The number of hydrogen-bond donors (Lipinski definition) is 1. The van der Waals surface area contributed by atoms with Crippen LogP contribution in [0.2, 0.25) is 0 Å². The summed E-state index contributed by atoms with van der Waals surface area (Å²) in [6.45, 7) is 6.76. The zero-order valence-corrected chi connectivity index (χ0v) is 12.2. The highest BCUT2D eigenvalue weighted by Crippen LogP contribution is 2.21. The molecule has 108 valence electrons. The number of likely N-dealkylation sites (tertiary alicyclic amines) is 1. The van der Waals surface area contributed by atoms with Gasteiger partial charge in [-0.15, -0.1) is 0 Å². The van der Waals surface area contributed by atoms with E-state index in [0.29, 0.717) is 18.8 Å². The van der Waals surface area contributed by atoms with Crippen molar-refractivity contribution >= 4 is 11.8 Å². The second-order valence-corrected chi connectivity index (χ2v) is 5.80. The second-order valence-electron chi connectivity index (χ2n) is 5.80. The van der Waals surface area contributed by atoms with E-state index in [2.05, 4.69) is 17.3 Å². The average Bonchev–Trinajstić information content (AvgIpc) is 2.79. The lowest BCUT2D eigenvalue weighted by atomic mass is 10.00. The van der Waals surface area contributed by atoms with E-state index in [1.54, 1.807) is 0 Å². The Morgan fingerprint density at radius 1 is 1.26 bits per heavy atom. The van der Waals surface area contributed by atoms with E-state index < -0.39 is 0 Å². The van der Waals surface area contributed by atoms with Crippen molar-refractivity contribution < 1.29 is 9.59 Å². The van der Waals surface area contributed by atoms with E-state index in [0.717, 1.165) is 26.1 Å². The molecule has 2 aliphatic heterocycles. The first kappa shape index (κ1) is 14.3. The minimum Gasteiger partial charge on any atom is -0.343 e. The van der Waals surface area contributed by atoms with Gasteiger partial charge in [0.1, 0.15) is 12.1 Å². The summed E-state index contributed by atoms with van der Waals surface area (Å²) in [4.78, 5) is 28.6. The van der Waals surface area contributed by atoms with Crippen molar-refractivity contribution in [2.45, 2.75) is 45.2 Å². The standard InChI is InChI=1S/C14H25N3O2/c1-4-11-14(19)17(12(5-2)13(18)15-11)9-10-6-7-16(3)8-10/h10-12H,4-9H2,1-3H3,(H,15,18). The van der Waals surface area contributed by atoms with E-state index in [4.69, 9.17) is 0 Å². The van der Waals surface area contributed by atoms with Crippen molar-refractivity contribution in [2.24, 2.45) is 5.92 Å². The molecule has 0 bridgehead atoms. The van der Waals surface area contributed by atoms with E-state index in [9.17, 15) is 9.59 Å². The molecule has 0 saturated carbocycles. The number of amides is 2. The van der Waals surface area contributed by atoms with Crippen LogP contribution in [0.5, 0.6) is 0 Å². The largest absolute Gasteiger partial charge is 0.343 e. The molecule has 0 radical (unpaired) electrons. The van der Waals surface area contributed by atoms with Gasteiger partial charge in [-0.2, -0.15) is 0 Å². The summed E-state index contributed by atoms with van der Waals surface area (Å²) in [6.07, 6.45) is 2.48. The van der Waals surface area contributed by atoms with Crippen LogP contribution >= 0.6 is 0 Å². The Balaban J connectivity index is 2.08. The third kappa shape index (κ3) is 2.91. The summed E-state index contributed by atoms with van der Waals surface area (Å²) >= 11 is 0. The predicted molar refractivity (Wildman–Crippen MR) is 73.6 cm³/mol. The highest BCUT2D eigenvalue weighted by molar-refractivity contribution is 5.96. The number of piperazine rings is 1. The fourth-order valence-corrected chi connectivity index (χ4v) is 3.18. The van der Waals surface area contributed by atoms with Gasteiger partial charge in [0.25, 0.3) is 0 Å². The maximum absolute atomic E-state index is 12.4. The predicted octanol–water partition coefficient (Wildman–Crippen LogP) is 0.454. The molecule has 2 fully saturated rings. The van der Waals surface area contributed by atoms with Crippen LogP contribution in [0.4, 0.5) is 0 Å². The lowest BCUT2D eigenvalue weighted by Crippen LogP contribution is -2.63. The van der Waals surface area contributed by atoms with Crippen LogP contribution in [0.15, 0.2) is 0 Å². The monoisotopic (exact) mass is 267 g/mol. The molecule has 5 heteroatoms. The van der Waals surface area contributed by atoms with Gasteiger partial charge < -0.3 is 15.1 Å². The molecule has 2 rings (SSSR count). The van der Waals surface area contributed by atoms with Crippen molar-refractivity contribution in [3.05, 3.63) is 0 Å². The third-order valence-corrected chi connectivity index (χ3v) is 4.32. The molecule has 0 spiro atoms. The van der Waals surface area contributed by atoms with E-state index >= 15 is 0 Å². The Kier molecular flexibility index (Phi) is 4.45. The first-order valence-corrected chi connectivity index (χ1v) is 7.36. The number of hydrogen-bond acceptors (Lipinski definition) is 3. The summed E-state index contributed by atoms with van der Waals surface area (Å²) in [5.41, 5.74) is 0. The molecule has 0 aromatic carbocycles. The minimum absolute atomic E-state index is 0.0142. The number of nitrogens with one attached hydrogen (secondary N) is 1. The van der Waals surface area contributed by atoms with Crippen LogP contribution in [-0.2, 0) is 9.59 Å². The summed E-state index contributed by atoms with van der Waals surface area (Å²) in [5, 5.41) is 2.84. The van der Waals surface area contributed by atoms with Crippen molar-refractivity contribution in [2.75, 3.05) is 26.7 Å². The average molecular weight is 267 g/mol. The Bertz CT molecular complexity index is 359. The summed E-state index contributed by atoms with van der Waals surface area (Å²) < 4.78 is 0. The van der Waals surface area contributed by atoms with Crippen LogP contribution in [0, 0.1) is 5.92 Å². The number of nitrogens with zero attached hydrogens (tertiary/aromatic N) is 2. The lowest BCUT2D eigenvalue weighted by molar-refractivity contribution is -0.150. The molecule has 0 aliphatic carbocycles. The summed E-state index contributed by atoms with van der Waals surface area (Å²) in [5.74, 6) is 0.621. The lowest BCUT2D eigenvalue weighted by Gasteiger charge is -2.39. The second kappa shape index (κ2) is 5.90. The summed E-state index contributed by atoms with van der Waals surface area (Å²) in [7, 11) is 2.11. The van der Waals surface area contributed by atoms with Crippen molar-refractivity contribution in [3.8, 4) is 0 Å². The molecule has 2 heterocycles. The van der Waals surface area contributed by atoms with E-state index in [1.807, 2.05) is 18.7 Å². The fourth-order valence-electron chi connectivity index (χ4n) is 3.18. The molecule has 3 atom stereocenters. The van der Waals surface area contributed by atoms with Crippen LogP contribution in [0.25, 0.3) is 0 Å². The van der Waals surface area contributed by atoms with Gasteiger partial charge in [-0.05, 0) is 38.8 Å². The molecule has 2 saturated heterocycles. The van der Waals surface area contributed by atoms with Gasteiger partial charge in [-0.25, -0.2) is 0 Å². The maximum atomic E-state index is 12.4.